The minimum absolute atomic E-state index is 0.150. The summed E-state index contributed by atoms with van der Waals surface area (Å²) < 4.78 is 25.4. The maximum absolute atomic E-state index is 12.8. The molecule has 0 heterocycles. The second-order valence-corrected chi connectivity index (χ2v) is 2.55. The molecule has 1 aromatic rings. The van der Waals surface area contributed by atoms with Crippen molar-refractivity contribution in [2.75, 3.05) is 0 Å². The number of carbonyl (C=O) groups is 1. The number of nitrogens with zero attached hydrogens (tertiary/aromatic N) is 1. The van der Waals surface area contributed by atoms with Gasteiger partial charge in [-0.1, -0.05) is 0 Å². The molecule has 1 rings (SSSR count). The number of nitriles is 1. The van der Waals surface area contributed by atoms with E-state index >= 15 is 0 Å². The lowest BCUT2D eigenvalue weighted by atomic mass is 10.1. The second kappa shape index (κ2) is 3.50. The summed E-state index contributed by atoms with van der Waals surface area (Å²) in [5, 5.41) is 7.23. The average molecular weight is 202 g/mol. The van der Waals surface area contributed by atoms with Crippen molar-refractivity contribution in [3.63, 3.8) is 0 Å². The van der Waals surface area contributed by atoms with Gasteiger partial charge in [-0.2, -0.15) is 5.26 Å². The van der Waals surface area contributed by atoms with Gasteiger partial charge in [0.25, 0.3) is 5.24 Å². The summed E-state index contributed by atoms with van der Waals surface area (Å²) in [6, 6.07) is 3.16. The molecule has 0 aliphatic rings. The largest absolute Gasteiger partial charge is 0.275 e. The third kappa shape index (κ3) is 1.82. The smallest absolute Gasteiger partial charge is 0.255 e. The zero-order valence-electron chi connectivity index (χ0n) is 6.14. The van der Waals surface area contributed by atoms with E-state index in [0.29, 0.717) is 6.07 Å². The van der Waals surface area contributed by atoms with Crippen LogP contribution in [0.15, 0.2) is 12.1 Å². The Hall–Kier alpha value is -1.47. The normalized spacial score (nSPS) is 9.38. The van der Waals surface area contributed by atoms with Gasteiger partial charge in [-0.3, -0.25) is 4.79 Å². The van der Waals surface area contributed by atoms with E-state index in [0.717, 1.165) is 6.07 Å². The summed E-state index contributed by atoms with van der Waals surface area (Å²) >= 11 is 4.95. The van der Waals surface area contributed by atoms with Gasteiger partial charge < -0.3 is 0 Å². The molecule has 0 radical (unpaired) electrons. The van der Waals surface area contributed by atoms with Crippen LogP contribution < -0.4 is 0 Å². The highest BCUT2D eigenvalue weighted by atomic mass is 35.5. The molecule has 0 spiro atoms. The van der Waals surface area contributed by atoms with Gasteiger partial charge in [0.2, 0.25) is 0 Å². The first-order valence-corrected chi connectivity index (χ1v) is 3.53. The van der Waals surface area contributed by atoms with Crippen molar-refractivity contribution in [3.8, 4) is 6.07 Å². The Morgan fingerprint density at radius 2 is 2.08 bits per heavy atom. The van der Waals surface area contributed by atoms with Gasteiger partial charge in [0.1, 0.15) is 0 Å². The predicted octanol–water partition coefficient (Wildman–Crippen LogP) is 2.22. The van der Waals surface area contributed by atoms with E-state index in [4.69, 9.17) is 16.9 Å². The molecule has 0 aromatic heterocycles. The van der Waals surface area contributed by atoms with Crippen LogP contribution >= 0.6 is 11.6 Å². The van der Waals surface area contributed by atoms with Crippen LogP contribution in [0.3, 0.4) is 0 Å². The quantitative estimate of drug-likeness (QED) is 0.654. The first kappa shape index (κ1) is 9.62. The summed E-state index contributed by atoms with van der Waals surface area (Å²) in [5.74, 6) is -2.60. The zero-order chi connectivity index (χ0) is 10.0. The molecule has 13 heavy (non-hydrogen) atoms. The summed E-state index contributed by atoms with van der Waals surface area (Å²) in [7, 11) is 0. The molecular formula is C8H2ClF2NO. The van der Waals surface area contributed by atoms with E-state index in [9.17, 15) is 13.6 Å². The number of halogens is 3. The Morgan fingerprint density at radius 3 is 2.54 bits per heavy atom. The fourth-order valence-corrected chi connectivity index (χ4v) is 0.934. The summed E-state index contributed by atoms with van der Waals surface area (Å²) in [6.07, 6.45) is 0. The molecular weight excluding hydrogens is 200 g/mol. The van der Waals surface area contributed by atoms with Crippen LogP contribution in [0.5, 0.6) is 0 Å². The Kier molecular flexibility index (Phi) is 2.59. The van der Waals surface area contributed by atoms with Crippen molar-refractivity contribution in [1.29, 1.82) is 5.26 Å². The Balaban J connectivity index is 3.44. The SMILES string of the molecule is N#Cc1cc(F)c(F)c(C(=O)Cl)c1. The molecule has 0 unspecified atom stereocenters. The fourth-order valence-electron chi connectivity index (χ4n) is 0.797. The Labute approximate surface area is 77.3 Å². The molecule has 0 saturated carbocycles. The molecule has 0 saturated heterocycles. The Bertz CT molecular complexity index is 411. The second-order valence-electron chi connectivity index (χ2n) is 2.21. The standard InChI is InChI=1S/C8H2ClF2NO/c9-8(13)5-1-4(3-12)2-6(10)7(5)11/h1-2H. The molecule has 0 amide bonds. The van der Waals surface area contributed by atoms with E-state index in [-0.39, 0.29) is 5.56 Å². The minimum Gasteiger partial charge on any atom is -0.275 e. The molecule has 0 aliphatic heterocycles. The van der Waals surface area contributed by atoms with Gasteiger partial charge in [0.05, 0.1) is 17.2 Å². The third-order valence-electron chi connectivity index (χ3n) is 1.37. The fraction of sp³-hybridized carbons (Fsp3) is 0. The number of hydrogen-bond donors (Lipinski definition) is 0. The number of rotatable bonds is 1. The molecule has 2 nitrogen and oxygen atoms in total. The van der Waals surface area contributed by atoms with E-state index in [1.807, 2.05) is 0 Å². The molecule has 0 bridgehead atoms. The van der Waals surface area contributed by atoms with Crippen molar-refractivity contribution in [3.05, 3.63) is 34.9 Å². The number of carbonyl (C=O) groups excluding carboxylic acids is 1. The number of hydrogen-bond acceptors (Lipinski definition) is 2. The maximum atomic E-state index is 12.8. The first-order chi connectivity index (χ1) is 6.06. The topological polar surface area (TPSA) is 40.9 Å². The third-order valence-corrected chi connectivity index (χ3v) is 1.57. The zero-order valence-corrected chi connectivity index (χ0v) is 6.90. The highest BCUT2D eigenvalue weighted by Gasteiger charge is 2.15. The number of benzene rings is 1. The maximum Gasteiger partial charge on any atom is 0.255 e. The lowest BCUT2D eigenvalue weighted by Crippen LogP contribution is -1.99. The van der Waals surface area contributed by atoms with Crippen molar-refractivity contribution in [2.24, 2.45) is 0 Å². The van der Waals surface area contributed by atoms with Crippen LogP contribution in [0.1, 0.15) is 15.9 Å². The highest BCUT2D eigenvalue weighted by molar-refractivity contribution is 6.67. The van der Waals surface area contributed by atoms with E-state index in [2.05, 4.69) is 0 Å². The molecule has 0 aliphatic carbocycles. The van der Waals surface area contributed by atoms with E-state index in [1.165, 1.54) is 0 Å². The molecule has 0 fully saturated rings. The van der Waals surface area contributed by atoms with Crippen molar-refractivity contribution in [1.82, 2.24) is 0 Å². The minimum atomic E-state index is -1.33. The monoisotopic (exact) mass is 201 g/mol. The van der Waals surface area contributed by atoms with Crippen molar-refractivity contribution < 1.29 is 13.6 Å². The molecule has 0 atom stereocenters. The van der Waals surface area contributed by atoms with Gasteiger partial charge in [0, 0.05) is 0 Å². The van der Waals surface area contributed by atoms with Gasteiger partial charge >= 0.3 is 0 Å². The summed E-state index contributed by atoms with van der Waals surface area (Å²) in [4.78, 5) is 10.5. The van der Waals surface area contributed by atoms with Crippen LogP contribution in [-0.2, 0) is 0 Å². The molecule has 66 valence electrons. The van der Waals surface area contributed by atoms with Crippen molar-refractivity contribution >= 4 is 16.8 Å². The molecule has 0 N–H and O–H groups in total. The van der Waals surface area contributed by atoms with E-state index in [1.54, 1.807) is 6.07 Å². The van der Waals surface area contributed by atoms with E-state index < -0.39 is 22.4 Å². The summed E-state index contributed by atoms with van der Waals surface area (Å²) in [5.41, 5.74) is -0.777. The van der Waals surface area contributed by atoms with Crippen LogP contribution in [0, 0.1) is 23.0 Å². The first-order valence-electron chi connectivity index (χ1n) is 3.15. The van der Waals surface area contributed by atoms with Gasteiger partial charge in [-0.15, -0.1) is 0 Å². The van der Waals surface area contributed by atoms with Crippen LogP contribution in [0.2, 0.25) is 0 Å². The van der Waals surface area contributed by atoms with Crippen LogP contribution in [-0.4, -0.2) is 5.24 Å². The lowest BCUT2D eigenvalue weighted by Gasteiger charge is -1.98. The van der Waals surface area contributed by atoms with Gasteiger partial charge in [-0.25, -0.2) is 8.78 Å². The van der Waals surface area contributed by atoms with Crippen molar-refractivity contribution in [2.45, 2.75) is 0 Å². The molecule has 5 heteroatoms. The average Bonchev–Trinajstić information content (AvgIpc) is 2.09. The highest BCUT2D eigenvalue weighted by Crippen LogP contribution is 2.16. The van der Waals surface area contributed by atoms with Gasteiger partial charge in [0.15, 0.2) is 11.6 Å². The predicted molar refractivity (Wildman–Crippen MR) is 41.3 cm³/mol. The Morgan fingerprint density at radius 1 is 1.46 bits per heavy atom. The van der Waals surface area contributed by atoms with Crippen LogP contribution in [0.4, 0.5) is 8.78 Å². The summed E-state index contributed by atoms with van der Waals surface area (Å²) in [6.45, 7) is 0. The van der Waals surface area contributed by atoms with Crippen LogP contribution in [0.25, 0.3) is 0 Å². The van der Waals surface area contributed by atoms with Gasteiger partial charge in [-0.05, 0) is 23.7 Å². The lowest BCUT2D eigenvalue weighted by molar-refractivity contribution is 0.107. The molecule has 1 aromatic carbocycles.